The average molecular weight is 463 g/mol. The molecule has 1 aliphatic carbocycles. The van der Waals surface area contributed by atoms with Crippen LogP contribution in [0.4, 0.5) is 5.69 Å². The monoisotopic (exact) mass is 462 g/mol. The van der Waals surface area contributed by atoms with E-state index in [1.807, 2.05) is 36.4 Å². The van der Waals surface area contributed by atoms with Crippen molar-refractivity contribution in [2.24, 2.45) is 0 Å². The van der Waals surface area contributed by atoms with Crippen molar-refractivity contribution in [2.45, 2.75) is 31.1 Å². The Labute approximate surface area is 193 Å². The van der Waals surface area contributed by atoms with Crippen LogP contribution in [0.2, 0.25) is 5.02 Å². The predicted octanol–water partition coefficient (Wildman–Crippen LogP) is 5.91. The number of carbonyl (C=O) groups is 1. The van der Waals surface area contributed by atoms with Crippen molar-refractivity contribution < 1.29 is 9.32 Å². The molecule has 6 rings (SSSR count). The molecule has 0 radical (unpaired) electrons. The van der Waals surface area contributed by atoms with Crippen molar-refractivity contribution in [3.05, 3.63) is 69.8 Å². The summed E-state index contributed by atoms with van der Waals surface area (Å²) < 4.78 is 5.53. The molecule has 2 aliphatic rings. The van der Waals surface area contributed by atoms with Gasteiger partial charge >= 0.3 is 0 Å². The highest BCUT2D eigenvalue weighted by molar-refractivity contribution is 7.10. The molecule has 2 aromatic carbocycles. The van der Waals surface area contributed by atoms with Crippen molar-refractivity contribution >= 4 is 34.5 Å². The summed E-state index contributed by atoms with van der Waals surface area (Å²) in [5.74, 6) is 1.56. The normalized spacial score (nSPS) is 18.5. The van der Waals surface area contributed by atoms with Crippen LogP contribution in [0.3, 0.4) is 0 Å². The van der Waals surface area contributed by atoms with E-state index in [0.29, 0.717) is 35.6 Å². The van der Waals surface area contributed by atoms with Gasteiger partial charge in [-0.25, -0.2) is 4.98 Å². The van der Waals surface area contributed by atoms with Crippen molar-refractivity contribution in [2.75, 3.05) is 11.4 Å². The standard InChI is InChI=1S/C24H19ClN4O2S/c25-18-2-1-3-19(11-18)29-12-17(10-21(29)30)23-27-22(28-31-23)15-6-4-14(5-7-15)20-13-32-24(26-20)16-8-9-16/h1-7,11,13,16-17H,8-10,12H2/t17-/m1/s1. The molecular weight excluding hydrogens is 444 g/mol. The van der Waals surface area contributed by atoms with Crippen LogP contribution >= 0.6 is 22.9 Å². The zero-order chi connectivity index (χ0) is 21.7. The first-order valence-electron chi connectivity index (χ1n) is 10.6. The molecule has 0 unspecified atom stereocenters. The molecule has 1 amide bonds. The van der Waals surface area contributed by atoms with E-state index in [9.17, 15) is 4.79 Å². The molecule has 1 atom stereocenters. The number of anilines is 1. The summed E-state index contributed by atoms with van der Waals surface area (Å²) in [6.07, 6.45) is 2.85. The lowest BCUT2D eigenvalue weighted by atomic mass is 10.1. The molecule has 160 valence electrons. The highest BCUT2D eigenvalue weighted by Gasteiger charge is 2.35. The van der Waals surface area contributed by atoms with Gasteiger partial charge in [0, 0.05) is 46.1 Å². The minimum absolute atomic E-state index is 0.0233. The van der Waals surface area contributed by atoms with Crippen LogP contribution in [0, 0.1) is 0 Å². The van der Waals surface area contributed by atoms with Crippen molar-refractivity contribution in [1.82, 2.24) is 15.1 Å². The summed E-state index contributed by atoms with van der Waals surface area (Å²) in [4.78, 5) is 23.6. The maximum absolute atomic E-state index is 12.6. The zero-order valence-electron chi connectivity index (χ0n) is 17.1. The molecule has 0 N–H and O–H groups in total. The fourth-order valence-corrected chi connectivity index (χ4v) is 5.20. The van der Waals surface area contributed by atoms with E-state index in [-0.39, 0.29) is 11.8 Å². The number of carbonyl (C=O) groups excluding carboxylic acids is 1. The molecule has 0 spiro atoms. The number of hydrogen-bond acceptors (Lipinski definition) is 6. The molecule has 2 fully saturated rings. The smallest absolute Gasteiger partial charge is 0.232 e. The third kappa shape index (κ3) is 3.72. The first-order chi connectivity index (χ1) is 15.6. The molecule has 2 aromatic heterocycles. The van der Waals surface area contributed by atoms with E-state index < -0.39 is 0 Å². The van der Waals surface area contributed by atoms with Crippen LogP contribution in [0.1, 0.15) is 42.0 Å². The molecular formula is C24H19ClN4O2S. The molecule has 6 nitrogen and oxygen atoms in total. The van der Waals surface area contributed by atoms with Gasteiger partial charge in [0.05, 0.1) is 16.6 Å². The first kappa shape index (κ1) is 19.6. The minimum Gasteiger partial charge on any atom is -0.339 e. The van der Waals surface area contributed by atoms with Crippen LogP contribution in [-0.4, -0.2) is 27.6 Å². The van der Waals surface area contributed by atoms with Crippen LogP contribution in [-0.2, 0) is 4.79 Å². The van der Waals surface area contributed by atoms with Gasteiger partial charge in [-0.1, -0.05) is 47.1 Å². The van der Waals surface area contributed by atoms with Crippen molar-refractivity contribution in [3.8, 4) is 22.6 Å². The fraction of sp³-hybridized carbons (Fsp3) is 0.250. The highest BCUT2D eigenvalue weighted by Crippen LogP contribution is 2.42. The Morgan fingerprint density at radius 1 is 1.03 bits per heavy atom. The Balaban J connectivity index is 1.18. The summed E-state index contributed by atoms with van der Waals surface area (Å²) in [7, 11) is 0. The van der Waals surface area contributed by atoms with Crippen LogP contribution in [0.25, 0.3) is 22.6 Å². The largest absolute Gasteiger partial charge is 0.339 e. The van der Waals surface area contributed by atoms with E-state index in [2.05, 4.69) is 15.5 Å². The van der Waals surface area contributed by atoms with Gasteiger partial charge in [0.25, 0.3) is 0 Å². The Morgan fingerprint density at radius 2 is 1.84 bits per heavy atom. The number of rotatable bonds is 5. The molecule has 0 bridgehead atoms. The summed E-state index contributed by atoms with van der Waals surface area (Å²) in [5.41, 5.74) is 3.76. The number of hydrogen-bond donors (Lipinski definition) is 0. The average Bonchev–Trinajstić information content (AvgIpc) is 3.20. The maximum atomic E-state index is 12.6. The van der Waals surface area contributed by atoms with Gasteiger partial charge in [-0.2, -0.15) is 4.98 Å². The Bertz CT molecular complexity index is 1300. The third-order valence-corrected chi connectivity index (χ3v) is 7.17. The molecule has 4 aromatic rings. The molecule has 3 heterocycles. The second-order valence-electron chi connectivity index (χ2n) is 8.26. The Kier molecular flexibility index (Phi) is 4.81. The number of thiazole rings is 1. The summed E-state index contributed by atoms with van der Waals surface area (Å²) in [5, 5.41) is 8.12. The maximum Gasteiger partial charge on any atom is 0.232 e. The number of benzene rings is 2. The topological polar surface area (TPSA) is 72.1 Å². The third-order valence-electron chi connectivity index (χ3n) is 5.92. The van der Waals surface area contributed by atoms with Gasteiger partial charge < -0.3 is 9.42 Å². The van der Waals surface area contributed by atoms with Gasteiger partial charge in [0.15, 0.2) is 0 Å². The number of nitrogens with zero attached hydrogens (tertiary/aromatic N) is 4. The van der Waals surface area contributed by atoms with Crippen LogP contribution in [0.15, 0.2) is 58.4 Å². The SMILES string of the molecule is O=C1C[C@@H](c2nc(-c3ccc(-c4csc(C5CC5)n4)cc3)no2)CN1c1cccc(Cl)c1. The zero-order valence-corrected chi connectivity index (χ0v) is 18.6. The van der Waals surface area contributed by atoms with Gasteiger partial charge in [-0.05, 0) is 31.0 Å². The fourth-order valence-electron chi connectivity index (χ4n) is 4.01. The van der Waals surface area contributed by atoms with Gasteiger partial charge in [-0.15, -0.1) is 11.3 Å². The lowest BCUT2D eigenvalue weighted by Gasteiger charge is -2.16. The highest BCUT2D eigenvalue weighted by atomic mass is 35.5. The van der Waals surface area contributed by atoms with Gasteiger partial charge in [0.1, 0.15) is 0 Å². The second-order valence-corrected chi connectivity index (χ2v) is 9.59. The molecule has 32 heavy (non-hydrogen) atoms. The van der Waals surface area contributed by atoms with E-state index in [1.54, 1.807) is 28.4 Å². The van der Waals surface area contributed by atoms with Crippen LogP contribution < -0.4 is 4.90 Å². The lowest BCUT2D eigenvalue weighted by molar-refractivity contribution is -0.117. The second kappa shape index (κ2) is 7.83. The van der Waals surface area contributed by atoms with Crippen molar-refractivity contribution in [1.29, 1.82) is 0 Å². The summed E-state index contributed by atoms with van der Waals surface area (Å²) in [6.45, 7) is 0.493. The van der Waals surface area contributed by atoms with E-state index in [0.717, 1.165) is 22.5 Å². The quantitative estimate of drug-likeness (QED) is 0.368. The van der Waals surface area contributed by atoms with Crippen molar-refractivity contribution in [3.63, 3.8) is 0 Å². The van der Waals surface area contributed by atoms with E-state index >= 15 is 0 Å². The number of amides is 1. The molecule has 8 heteroatoms. The van der Waals surface area contributed by atoms with Crippen LogP contribution in [0.5, 0.6) is 0 Å². The van der Waals surface area contributed by atoms with E-state index in [4.69, 9.17) is 21.1 Å². The number of halogens is 1. The lowest BCUT2D eigenvalue weighted by Crippen LogP contribution is -2.24. The predicted molar refractivity (Wildman–Crippen MR) is 124 cm³/mol. The number of aromatic nitrogens is 3. The Morgan fingerprint density at radius 3 is 2.62 bits per heavy atom. The minimum atomic E-state index is -0.141. The summed E-state index contributed by atoms with van der Waals surface area (Å²) in [6, 6.07) is 15.3. The van der Waals surface area contributed by atoms with Gasteiger partial charge in [0.2, 0.25) is 17.6 Å². The van der Waals surface area contributed by atoms with Gasteiger partial charge in [-0.3, -0.25) is 4.79 Å². The summed E-state index contributed by atoms with van der Waals surface area (Å²) >= 11 is 7.82. The van der Waals surface area contributed by atoms with E-state index in [1.165, 1.54) is 17.8 Å². The molecule has 1 aliphatic heterocycles. The molecule has 1 saturated heterocycles. The first-order valence-corrected chi connectivity index (χ1v) is 11.9. The molecule has 1 saturated carbocycles. The Hall–Kier alpha value is -3.03.